The summed E-state index contributed by atoms with van der Waals surface area (Å²) < 4.78 is 21.2. The Morgan fingerprint density at radius 3 is 2.47 bits per heavy atom. The Labute approximate surface area is 176 Å². The van der Waals surface area contributed by atoms with E-state index in [0.29, 0.717) is 12.4 Å². The van der Waals surface area contributed by atoms with E-state index in [1.165, 1.54) is 52.0 Å². The molecule has 0 aromatic heterocycles. The van der Waals surface area contributed by atoms with Gasteiger partial charge >= 0.3 is 5.97 Å². The molecule has 5 saturated carbocycles. The van der Waals surface area contributed by atoms with Crippen molar-refractivity contribution in [1.82, 2.24) is 5.32 Å². The molecule has 0 radical (unpaired) electrons. The smallest absolute Gasteiger partial charge is 0.328 e. The molecule has 1 aromatic carbocycles. The van der Waals surface area contributed by atoms with Crippen molar-refractivity contribution in [3.63, 3.8) is 0 Å². The molecule has 30 heavy (non-hydrogen) atoms. The molecule has 4 bridgehead atoms. The van der Waals surface area contributed by atoms with Gasteiger partial charge in [-0.15, -0.1) is 0 Å². The highest BCUT2D eigenvalue weighted by Gasteiger charge is 2.58. The van der Waals surface area contributed by atoms with Crippen molar-refractivity contribution in [2.75, 3.05) is 6.61 Å². The van der Waals surface area contributed by atoms with Gasteiger partial charge in [-0.25, -0.2) is 9.18 Å². The van der Waals surface area contributed by atoms with Crippen molar-refractivity contribution < 1.29 is 23.8 Å². The summed E-state index contributed by atoms with van der Waals surface area (Å²) in [4.78, 5) is 23.9. The van der Waals surface area contributed by atoms with Crippen LogP contribution in [0.5, 0.6) is 5.75 Å². The van der Waals surface area contributed by atoms with Gasteiger partial charge in [0.2, 0.25) is 0 Å². The Morgan fingerprint density at radius 1 is 1.20 bits per heavy atom. The molecule has 1 aromatic rings. The monoisotopic (exact) mass is 415 g/mol. The lowest BCUT2D eigenvalue weighted by molar-refractivity contribution is -0.143. The highest BCUT2D eigenvalue weighted by atomic mass is 19.1. The Bertz CT molecular complexity index is 893. The van der Waals surface area contributed by atoms with Crippen LogP contribution in [-0.2, 0) is 4.79 Å². The highest BCUT2D eigenvalue weighted by molar-refractivity contribution is 5.98. The summed E-state index contributed by atoms with van der Waals surface area (Å²) in [5.74, 6) is 0.737. The number of carbonyl (C=O) groups excluding carboxylic acids is 1. The van der Waals surface area contributed by atoms with Crippen LogP contribution in [0, 0.1) is 29.0 Å². The van der Waals surface area contributed by atoms with Gasteiger partial charge in [-0.1, -0.05) is 0 Å². The number of hydrogen-bond acceptors (Lipinski definition) is 3. The maximum absolute atomic E-state index is 14.9. The van der Waals surface area contributed by atoms with Gasteiger partial charge in [0.1, 0.15) is 17.1 Å². The van der Waals surface area contributed by atoms with Gasteiger partial charge in [0.05, 0.1) is 12.2 Å². The minimum Gasteiger partial charge on any atom is -0.493 e. The molecule has 2 unspecified atom stereocenters. The van der Waals surface area contributed by atoms with Crippen LogP contribution in [0.2, 0.25) is 0 Å². The Hall–Kier alpha value is -2.11. The van der Waals surface area contributed by atoms with Crippen molar-refractivity contribution in [3.05, 3.63) is 29.1 Å². The maximum atomic E-state index is 14.9. The van der Waals surface area contributed by atoms with E-state index in [-0.39, 0.29) is 16.9 Å². The molecule has 5 aliphatic rings. The molecule has 5 fully saturated rings. The Kier molecular flexibility index (Phi) is 4.42. The van der Waals surface area contributed by atoms with Crippen LogP contribution in [0.3, 0.4) is 0 Å². The van der Waals surface area contributed by atoms with Crippen molar-refractivity contribution in [2.45, 2.75) is 70.3 Å². The number of hydrogen-bond donors (Lipinski definition) is 2. The van der Waals surface area contributed by atoms with Gasteiger partial charge in [-0.2, -0.15) is 0 Å². The topological polar surface area (TPSA) is 75.6 Å². The third kappa shape index (κ3) is 3.28. The first-order valence-corrected chi connectivity index (χ1v) is 11.2. The van der Waals surface area contributed by atoms with Crippen LogP contribution >= 0.6 is 0 Å². The molecule has 5 nitrogen and oxygen atoms in total. The Morgan fingerprint density at radius 2 is 1.87 bits per heavy atom. The number of carboxylic acid groups (broad SMARTS) is 1. The second-order valence-electron chi connectivity index (χ2n) is 10.7. The zero-order valence-electron chi connectivity index (χ0n) is 17.7. The summed E-state index contributed by atoms with van der Waals surface area (Å²) in [6, 6.07) is 2.91. The third-order valence-corrected chi connectivity index (χ3v) is 8.00. The third-order valence-electron chi connectivity index (χ3n) is 8.00. The molecular formula is C24H30FNO4. The molecule has 1 amide bonds. The molecule has 2 atom stereocenters. The minimum atomic E-state index is -1.47. The highest BCUT2D eigenvalue weighted by Crippen LogP contribution is 2.65. The first-order valence-electron chi connectivity index (χ1n) is 11.2. The predicted molar refractivity (Wildman–Crippen MR) is 109 cm³/mol. The normalized spacial score (nSPS) is 31.8. The number of ether oxygens (including phenoxy) is 1. The molecule has 0 aliphatic heterocycles. The predicted octanol–water partition coefficient (Wildman–Crippen LogP) is 4.50. The van der Waals surface area contributed by atoms with E-state index in [2.05, 4.69) is 5.32 Å². The van der Waals surface area contributed by atoms with Gasteiger partial charge in [0, 0.05) is 11.5 Å². The van der Waals surface area contributed by atoms with Crippen LogP contribution in [-0.4, -0.2) is 29.1 Å². The van der Waals surface area contributed by atoms with E-state index >= 15 is 0 Å². The van der Waals surface area contributed by atoms with E-state index in [9.17, 15) is 19.1 Å². The number of nitrogens with one attached hydrogen (secondary N) is 1. The maximum Gasteiger partial charge on any atom is 0.328 e. The summed E-state index contributed by atoms with van der Waals surface area (Å²) in [5.41, 5.74) is -0.452. The minimum absolute atomic E-state index is 0.113. The average Bonchev–Trinajstić information content (AvgIpc) is 3.43. The zero-order valence-corrected chi connectivity index (χ0v) is 17.7. The molecule has 0 spiro atoms. The number of benzene rings is 1. The number of aliphatic carboxylic acids is 1. The lowest BCUT2D eigenvalue weighted by atomic mass is 9.76. The van der Waals surface area contributed by atoms with Crippen molar-refractivity contribution in [1.29, 1.82) is 0 Å². The molecule has 0 heterocycles. The van der Waals surface area contributed by atoms with Crippen LogP contribution in [0.4, 0.5) is 4.39 Å². The number of carbonyl (C=O) groups is 2. The lowest BCUT2D eigenvalue weighted by Gasteiger charge is -2.33. The molecule has 2 N–H and O–H groups in total. The van der Waals surface area contributed by atoms with Gasteiger partial charge in [0.15, 0.2) is 0 Å². The lowest BCUT2D eigenvalue weighted by Crippen LogP contribution is -2.49. The molecule has 6 rings (SSSR count). The summed E-state index contributed by atoms with van der Waals surface area (Å²) in [7, 11) is 0. The zero-order chi connectivity index (χ0) is 21.3. The largest absolute Gasteiger partial charge is 0.493 e. The van der Waals surface area contributed by atoms with Crippen molar-refractivity contribution in [2.24, 2.45) is 23.2 Å². The van der Waals surface area contributed by atoms with E-state index < -0.39 is 23.2 Å². The van der Waals surface area contributed by atoms with Gasteiger partial charge in [0.25, 0.3) is 5.91 Å². The molecule has 5 aliphatic carbocycles. The van der Waals surface area contributed by atoms with E-state index in [4.69, 9.17) is 4.74 Å². The first-order chi connectivity index (χ1) is 14.2. The fraction of sp³-hybridized carbons (Fsp3) is 0.667. The summed E-state index contributed by atoms with van der Waals surface area (Å²) >= 11 is 0. The summed E-state index contributed by atoms with van der Waals surface area (Å²) in [6.45, 7) is 3.41. The van der Waals surface area contributed by atoms with Crippen LogP contribution in [0.25, 0.3) is 0 Å². The van der Waals surface area contributed by atoms with E-state index in [1.807, 2.05) is 0 Å². The first kappa shape index (κ1) is 19.8. The quantitative estimate of drug-likeness (QED) is 0.687. The van der Waals surface area contributed by atoms with Gasteiger partial charge < -0.3 is 15.2 Å². The molecule has 0 saturated heterocycles. The van der Waals surface area contributed by atoms with Gasteiger partial charge in [-0.3, -0.25) is 4.79 Å². The van der Waals surface area contributed by atoms with E-state index in [1.54, 1.807) is 6.07 Å². The second-order valence-corrected chi connectivity index (χ2v) is 10.7. The fourth-order valence-electron chi connectivity index (χ4n) is 6.41. The Balaban J connectivity index is 1.37. The van der Waals surface area contributed by atoms with Crippen LogP contribution < -0.4 is 10.1 Å². The molecular weight excluding hydrogens is 385 g/mol. The van der Waals surface area contributed by atoms with E-state index in [0.717, 1.165) is 36.2 Å². The molecule has 6 heteroatoms. The fourth-order valence-corrected chi connectivity index (χ4v) is 6.41. The average molecular weight is 416 g/mol. The summed E-state index contributed by atoms with van der Waals surface area (Å²) in [6.07, 6.45) is 8.49. The van der Waals surface area contributed by atoms with Crippen molar-refractivity contribution >= 4 is 11.9 Å². The standard InChI is InChI=1S/C24H30FNO4/c1-23(2,22(28)29)26-21(27)18-8-17(15-3-4-15)20(9-19(18)25)30-12-24-10-13-5-14(11-24)7-16(24)6-13/h8-9,13-16H,3-7,10-12H2,1-2H3,(H,26,27)(H,28,29). The van der Waals surface area contributed by atoms with Crippen LogP contribution in [0.15, 0.2) is 12.1 Å². The van der Waals surface area contributed by atoms with Gasteiger partial charge in [-0.05, 0) is 94.1 Å². The second kappa shape index (κ2) is 6.69. The van der Waals surface area contributed by atoms with Crippen LogP contribution in [0.1, 0.15) is 80.6 Å². The number of halogens is 1. The number of carboxylic acids is 1. The number of amides is 1. The number of rotatable bonds is 7. The summed E-state index contributed by atoms with van der Waals surface area (Å²) in [5, 5.41) is 11.7. The molecule has 162 valence electrons. The SMILES string of the molecule is CC(C)(NC(=O)c1cc(C2CC2)c(OCC23CC4CC(CC2C4)C3)cc1F)C(=O)O. The van der Waals surface area contributed by atoms with Crippen molar-refractivity contribution in [3.8, 4) is 5.75 Å².